The molecule has 2 fully saturated rings. The Morgan fingerprint density at radius 1 is 1.10 bits per heavy atom. The zero-order valence-electron chi connectivity index (χ0n) is 11.8. The van der Waals surface area contributed by atoms with E-state index in [1.54, 1.807) is 24.3 Å². The molecule has 1 aliphatic heterocycles. The quantitative estimate of drug-likeness (QED) is 0.874. The van der Waals surface area contributed by atoms with Gasteiger partial charge in [-0.05, 0) is 25.0 Å². The SMILES string of the molecule is O=C1CC(NC2CCCCC2)C(=O)N1c1ccccc1Cl. The molecule has 1 saturated heterocycles. The van der Waals surface area contributed by atoms with E-state index in [-0.39, 0.29) is 18.2 Å². The normalized spacial score (nSPS) is 23.9. The first-order chi connectivity index (χ1) is 10.2. The van der Waals surface area contributed by atoms with Gasteiger partial charge in [-0.1, -0.05) is 43.0 Å². The standard InChI is InChI=1S/C16H19ClN2O2/c17-12-8-4-5-9-14(12)19-15(20)10-13(16(19)21)18-11-6-2-1-3-7-11/h4-5,8-9,11,13,18H,1-3,6-7,10H2. The Labute approximate surface area is 129 Å². The number of para-hydroxylation sites is 1. The molecular weight excluding hydrogens is 288 g/mol. The summed E-state index contributed by atoms with van der Waals surface area (Å²) < 4.78 is 0. The molecule has 1 heterocycles. The lowest BCUT2D eigenvalue weighted by atomic mass is 9.95. The monoisotopic (exact) mass is 306 g/mol. The number of rotatable bonds is 3. The first kappa shape index (κ1) is 14.5. The fraction of sp³-hybridized carbons (Fsp3) is 0.500. The van der Waals surface area contributed by atoms with Crippen LogP contribution in [0, 0.1) is 0 Å². The van der Waals surface area contributed by atoms with Crippen molar-refractivity contribution in [2.24, 2.45) is 0 Å². The number of imide groups is 1. The van der Waals surface area contributed by atoms with E-state index in [1.807, 2.05) is 0 Å². The number of hydrogen-bond acceptors (Lipinski definition) is 3. The number of halogens is 1. The van der Waals surface area contributed by atoms with Crippen molar-refractivity contribution in [1.29, 1.82) is 0 Å². The van der Waals surface area contributed by atoms with E-state index < -0.39 is 6.04 Å². The summed E-state index contributed by atoms with van der Waals surface area (Å²) in [5.41, 5.74) is 0.488. The maximum Gasteiger partial charge on any atom is 0.251 e. The van der Waals surface area contributed by atoms with Crippen LogP contribution in [-0.4, -0.2) is 23.9 Å². The van der Waals surface area contributed by atoms with Gasteiger partial charge >= 0.3 is 0 Å². The van der Waals surface area contributed by atoms with Crippen LogP contribution in [0.4, 0.5) is 5.69 Å². The van der Waals surface area contributed by atoms with Crippen molar-refractivity contribution in [1.82, 2.24) is 5.32 Å². The molecule has 112 valence electrons. The zero-order valence-corrected chi connectivity index (χ0v) is 12.6. The summed E-state index contributed by atoms with van der Waals surface area (Å²) in [6.07, 6.45) is 6.05. The number of benzene rings is 1. The van der Waals surface area contributed by atoms with Crippen LogP contribution < -0.4 is 10.2 Å². The molecule has 4 nitrogen and oxygen atoms in total. The highest BCUT2D eigenvalue weighted by Gasteiger charge is 2.41. The van der Waals surface area contributed by atoms with Crippen LogP contribution in [0.2, 0.25) is 5.02 Å². The van der Waals surface area contributed by atoms with Crippen molar-refractivity contribution in [2.75, 3.05) is 4.90 Å². The second-order valence-electron chi connectivity index (χ2n) is 5.78. The van der Waals surface area contributed by atoms with Gasteiger partial charge in [0.1, 0.15) is 0 Å². The number of anilines is 1. The van der Waals surface area contributed by atoms with E-state index in [9.17, 15) is 9.59 Å². The minimum Gasteiger partial charge on any atom is -0.303 e. The lowest BCUT2D eigenvalue weighted by Crippen LogP contribution is -2.44. The Kier molecular flexibility index (Phi) is 4.27. The van der Waals surface area contributed by atoms with Gasteiger partial charge in [0.2, 0.25) is 5.91 Å². The van der Waals surface area contributed by atoms with Crippen molar-refractivity contribution in [3.63, 3.8) is 0 Å². The molecule has 1 aromatic carbocycles. The predicted octanol–water partition coefficient (Wildman–Crippen LogP) is 2.89. The summed E-state index contributed by atoms with van der Waals surface area (Å²) in [6, 6.07) is 6.92. The number of nitrogens with zero attached hydrogens (tertiary/aromatic N) is 1. The van der Waals surface area contributed by atoms with Crippen molar-refractivity contribution in [2.45, 2.75) is 50.6 Å². The van der Waals surface area contributed by atoms with Crippen LogP contribution in [0.3, 0.4) is 0 Å². The molecule has 0 aromatic heterocycles. The first-order valence-corrected chi connectivity index (χ1v) is 7.92. The molecule has 2 aliphatic rings. The van der Waals surface area contributed by atoms with Gasteiger partial charge in [-0.15, -0.1) is 0 Å². The molecule has 1 aromatic rings. The van der Waals surface area contributed by atoms with E-state index in [0.29, 0.717) is 16.8 Å². The van der Waals surface area contributed by atoms with E-state index in [0.717, 1.165) is 12.8 Å². The molecule has 1 atom stereocenters. The maximum absolute atomic E-state index is 12.5. The van der Waals surface area contributed by atoms with Gasteiger partial charge in [-0.2, -0.15) is 0 Å². The molecule has 0 bridgehead atoms. The summed E-state index contributed by atoms with van der Waals surface area (Å²) in [6.45, 7) is 0. The van der Waals surface area contributed by atoms with E-state index >= 15 is 0 Å². The van der Waals surface area contributed by atoms with Crippen LogP contribution in [0.25, 0.3) is 0 Å². The number of amides is 2. The van der Waals surface area contributed by atoms with Gasteiger partial charge in [-0.25, -0.2) is 4.90 Å². The van der Waals surface area contributed by atoms with Gasteiger partial charge in [0, 0.05) is 6.04 Å². The van der Waals surface area contributed by atoms with Crippen LogP contribution in [0.15, 0.2) is 24.3 Å². The van der Waals surface area contributed by atoms with E-state index in [2.05, 4.69) is 5.32 Å². The van der Waals surface area contributed by atoms with Gasteiger partial charge < -0.3 is 5.32 Å². The number of hydrogen-bond donors (Lipinski definition) is 1. The number of carbonyl (C=O) groups excluding carboxylic acids is 2. The Morgan fingerprint density at radius 3 is 2.52 bits per heavy atom. The molecule has 0 spiro atoms. The molecule has 5 heteroatoms. The minimum atomic E-state index is -0.406. The molecule has 1 saturated carbocycles. The summed E-state index contributed by atoms with van der Waals surface area (Å²) in [7, 11) is 0. The molecular formula is C16H19ClN2O2. The fourth-order valence-corrected chi connectivity index (χ4v) is 3.42. The summed E-state index contributed by atoms with van der Waals surface area (Å²) in [4.78, 5) is 25.9. The predicted molar refractivity (Wildman–Crippen MR) is 82.4 cm³/mol. The fourth-order valence-electron chi connectivity index (χ4n) is 3.20. The zero-order chi connectivity index (χ0) is 14.8. The largest absolute Gasteiger partial charge is 0.303 e. The third-order valence-corrected chi connectivity index (χ3v) is 4.60. The summed E-state index contributed by atoms with van der Waals surface area (Å²) in [5.74, 6) is -0.361. The second kappa shape index (κ2) is 6.16. The van der Waals surface area contributed by atoms with Gasteiger partial charge in [-0.3, -0.25) is 9.59 Å². The second-order valence-corrected chi connectivity index (χ2v) is 6.18. The van der Waals surface area contributed by atoms with Crippen molar-refractivity contribution >= 4 is 29.1 Å². The molecule has 1 N–H and O–H groups in total. The maximum atomic E-state index is 12.5. The average Bonchev–Trinajstić information content (AvgIpc) is 2.76. The van der Waals surface area contributed by atoms with Crippen LogP contribution in [-0.2, 0) is 9.59 Å². The van der Waals surface area contributed by atoms with Gasteiger partial charge in [0.05, 0.1) is 23.2 Å². The van der Waals surface area contributed by atoms with Crippen molar-refractivity contribution in [3.05, 3.63) is 29.3 Å². The summed E-state index contributed by atoms with van der Waals surface area (Å²) in [5, 5.41) is 3.79. The van der Waals surface area contributed by atoms with Crippen LogP contribution in [0.1, 0.15) is 38.5 Å². The highest BCUT2D eigenvalue weighted by Crippen LogP contribution is 2.30. The summed E-state index contributed by atoms with van der Waals surface area (Å²) >= 11 is 6.11. The Morgan fingerprint density at radius 2 is 1.81 bits per heavy atom. The van der Waals surface area contributed by atoms with Crippen molar-refractivity contribution < 1.29 is 9.59 Å². The third-order valence-electron chi connectivity index (χ3n) is 4.28. The highest BCUT2D eigenvalue weighted by atomic mass is 35.5. The van der Waals surface area contributed by atoms with E-state index in [1.165, 1.54) is 24.2 Å². The van der Waals surface area contributed by atoms with Crippen molar-refractivity contribution in [3.8, 4) is 0 Å². The Hall–Kier alpha value is -1.39. The Bertz CT molecular complexity index is 555. The Balaban J connectivity index is 1.74. The van der Waals surface area contributed by atoms with Gasteiger partial charge in [0.15, 0.2) is 0 Å². The molecule has 0 radical (unpaired) electrons. The lowest BCUT2D eigenvalue weighted by Gasteiger charge is -2.25. The minimum absolute atomic E-state index is 0.179. The van der Waals surface area contributed by atoms with Crippen LogP contribution >= 0.6 is 11.6 Å². The highest BCUT2D eigenvalue weighted by molar-refractivity contribution is 6.36. The smallest absolute Gasteiger partial charge is 0.251 e. The lowest BCUT2D eigenvalue weighted by molar-refractivity contribution is -0.121. The third kappa shape index (κ3) is 2.97. The first-order valence-electron chi connectivity index (χ1n) is 7.54. The number of carbonyl (C=O) groups is 2. The van der Waals surface area contributed by atoms with Gasteiger partial charge in [0.25, 0.3) is 5.91 Å². The topological polar surface area (TPSA) is 49.4 Å². The number of nitrogens with one attached hydrogen (secondary N) is 1. The molecule has 3 rings (SSSR count). The van der Waals surface area contributed by atoms with E-state index in [4.69, 9.17) is 11.6 Å². The van der Waals surface area contributed by atoms with Crippen LogP contribution in [0.5, 0.6) is 0 Å². The molecule has 2 amide bonds. The molecule has 21 heavy (non-hydrogen) atoms. The average molecular weight is 307 g/mol. The molecule has 1 aliphatic carbocycles. The molecule has 1 unspecified atom stereocenters.